The quantitative estimate of drug-likeness (QED) is 0.469. The maximum atomic E-state index is 12.6. The van der Waals surface area contributed by atoms with Gasteiger partial charge in [-0.2, -0.15) is 0 Å². The Kier molecular flexibility index (Phi) is 5.82. The molecule has 2 heterocycles. The van der Waals surface area contributed by atoms with Gasteiger partial charge in [0.15, 0.2) is 10.9 Å². The lowest BCUT2D eigenvalue weighted by Crippen LogP contribution is -2.09. The molecule has 0 aliphatic heterocycles. The van der Waals surface area contributed by atoms with Crippen LogP contribution in [0.2, 0.25) is 0 Å². The molecule has 7 nitrogen and oxygen atoms in total. The summed E-state index contributed by atoms with van der Waals surface area (Å²) in [5.41, 5.74) is 2.18. The molecule has 0 radical (unpaired) electrons. The zero-order valence-electron chi connectivity index (χ0n) is 14.5. The fraction of sp³-hybridized carbons (Fsp3) is 0.500. The lowest BCUT2D eigenvalue weighted by molar-refractivity contribution is 0.0519. The van der Waals surface area contributed by atoms with Crippen molar-refractivity contribution in [2.75, 3.05) is 12.4 Å². The number of thioether (sulfide) groups is 1. The number of Topliss-reactive ketones (excluding diaryl/α,β-unsaturated/α-hetero) is 1. The van der Waals surface area contributed by atoms with Gasteiger partial charge in [0.25, 0.3) is 0 Å². The molecule has 0 spiro atoms. The van der Waals surface area contributed by atoms with Gasteiger partial charge < -0.3 is 14.3 Å². The summed E-state index contributed by atoms with van der Waals surface area (Å²) in [6, 6.07) is 0.226. The predicted octanol–water partition coefficient (Wildman–Crippen LogP) is 2.96. The molecule has 0 fully saturated rings. The molecule has 8 heteroatoms. The standard InChI is InChI=1S/C16H22N4O3S/c1-6-23-15(22)14-10(4)13(11(5)18-14)12(21)7-24-16-19-17-8-20(16)9(2)3/h8-9,18H,6-7H2,1-5H3. The van der Waals surface area contributed by atoms with Gasteiger partial charge in [-0.25, -0.2) is 4.79 Å². The van der Waals surface area contributed by atoms with E-state index in [1.807, 2.05) is 18.4 Å². The molecule has 2 aromatic rings. The van der Waals surface area contributed by atoms with Crippen LogP contribution in [0.4, 0.5) is 0 Å². The number of aromatic amines is 1. The van der Waals surface area contributed by atoms with Crippen molar-refractivity contribution in [1.29, 1.82) is 0 Å². The lowest BCUT2D eigenvalue weighted by Gasteiger charge is -2.09. The van der Waals surface area contributed by atoms with Crippen LogP contribution in [0.1, 0.15) is 58.9 Å². The van der Waals surface area contributed by atoms with E-state index in [0.29, 0.717) is 34.3 Å². The Morgan fingerprint density at radius 1 is 1.38 bits per heavy atom. The zero-order valence-corrected chi connectivity index (χ0v) is 15.4. The Morgan fingerprint density at radius 3 is 2.71 bits per heavy atom. The molecule has 2 aromatic heterocycles. The molecule has 0 aliphatic carbocycles. The van der Waals surface area contributed by atoms with Crippen LogP contribution >= 0.6 is 11.8 Å². The van der Waals surface area contributed by atoms with Crippen molar-refractivity contribution in [3.63, 3.8) is 0 Å². The molecule has 0 saturated heterocycles. The van der Waals surface area contributed by atoms with E-state index in [1.165, 1.54) is 11.8 Å². The van der Waals surface area contributed by atoms with Crippen LogP contribution in [0, 0.1) is 13.8 Å². The summed E-state index contributed by atoms with van der Waals surface area (Å²) < 4.78 is 6.92. The van der Waals surface area contributed by atoms with Gasteiger partial charge in [0.05, 0.1) is 12.4 Å². The molecule has 0 aromatic carbocycles. The fourth-order valence-electron chi connectivity index (χ4n) is 2.47. The van der Waals surface area contributed by atoms with Crippen LogP contribution in [-0.4, -0.2) is 43.9 Å². The summed E-state index contributed by atoms with van der Waals surface area (Å²) in [4.78, 5) is 27.5. The molecule has 24 heavy (non-hydrogen) atoms. The number of carbonyl (C=O) groups is 2. The van der Waals surface area contributed by atoms with Crippen molar-refractivity contribution < 1.29 is 14.3 Å². The average molecular weight is 350 g/mol. The first-order chi connectivity index (χ1) is 11.4. The summed E-state index contributed by atoms with van der Waals surface area (Å²) in [5.74, 6) is -0.266. The highest BCUT2D eigenvalue weighted by Crippen LogP contribution is 2.24. The van der Waals surface area contributed by atoms with E-state index in [1.54, 1.807) is 27.1 Å². The van der Waals surface area contributed by atoms with Crippen molar-refractivity contribution in [1.82, 2.24) is 19.7 Å². The first-order valence-corrected chi connectivity index (χ1v) is 8.77. The normalized spacial score (nSPS) is 11.1. The van der Waals surface area contributed by atoms with Gasteiger partial charge in [0.1, 0.15) is 12.0 Å². The predicted molar refractivity (Wildman–Crippen MR) is 91.7 cm³/mol. The maximum Gasteiger partial charge on any atom is 0.355 e. The number of hydrogen-bond donors (Lipinski definition) is 1. The van der Waals surface area contributed by atoms with Crippen molar-refractivity contribution in [2.24, 2.45) is 0 Å². The number of nitrogens with zero attached hydrogens (tertiary/aromatic N) is 3. The monoisotopic (exact) mass is 350 g/mol. The highest BCUT2D eigenvalue weighted by Gasteiger charge is 2.23. The molecule has 0 bridgehead atoms. The van der Waals surface area contributed by atoms with E-state index in [9.17, 15) is 9.59 Å². The zero-order chi connectivity index (χ0) is 17.9. The molecular formula is C16H22N4O3S. The third-order valence-corrected chi connectivity index (χ3v) is 4.58. The Labute approximate surface area is 145 Å². The number of ether oxygens (including phenoxy) is 1. The number of aromatic nitrogens is 4. The van der Waals surface area contributed by atoms with E-state index < -0.39 is 5.97 Å². The van der Waals surface area contributed by atoms with Gasteiger partial charge >= 0.3 is 5.97 Å². The smallest absolute Gasteiger partial charge is 0.355 e. The molecular weight excluding hydrogens is 328 g/mol. The number of hydrogen-bond acceptors (Lipinski definition) is 6. The molecule has 0 aliphatic rings. The van der Waals surface area contributed by atoms with Crippen LogP contribution in [0.5, 0.6) is 0 Å². The second-order valence-electron chi connectivity index (χ2n) is 5.67. The fourth-order valence-corrected chi connectivity index (χ4v) is 3.38. The van der Waals surface area contributed by atoms with Crippen molar-refractivity contribution in [3.8, 4) is 0 Å². The molecule has 2 rings (SSSR count). The minimum Gasteiger partial charge on any atom is -0.461 e. The Hall–Kier alpha value is -2.09. The number of nitrogens with one attached hydrogen (secondary N) is 1. The second-order valence-corrected chi connectivity index (χ2v) is 6.61. The summed E-state index contributed by atoms with van der Waals surface area (Å²) in [5, 5.41) is 8.64. The first kappa shape index (κ1) is 18.3. The van der Waals surface area contributed by atoms with Crippen LogP contribution in [0.15, 0.2) is 11.5 Å². The molecule has 0 atom stereocenters. The van der Waals surface area contributed by atoms with E-state index in [-0.39, 0.29) is 17.6 Å². The number of rotatable bonds is 7. The molecule has 0 saturated carbocycles. The molecule has 0 amide bonds. The van der Waals surface area contributed by atoms with Gasteiger partial charge in [0.2, 0.25) is 0 Å². The van der Waals surface area contributed by atoms with Gasteiger partial charge in [-0.05, 0) is 40.2 Å². The highest BCUT2D eigenvalue weighted by molar-refractivity contribution is 7.99. The second kappa shape index (κ2) is 7.65. The van der Waals surface area contributed by atoms with E-state index in [2.05, 4.69) is 15.2 Å². The number of H-pyrrole nitrogens is 1. The lowest BCUT2D eigenvalue weighted by atomic mass is 10.1. The molecule has 0 unspecified atom stereocenters. The first-order valence-electron chi connectivity index (χ1n) is 7.78. The van der Waals surface area contributed by atoms with Gasteiger partial charge in [0, 0.05) is 17.3 Å². The van der Waals surface area contributed by atoms with Gasteiger partial charge in [-0.1, -0.05) is 11.8 Å². The van der Waals surface area contributed by atoms with Crippen LogP contribution < -0.4 is 0 Å². The van der Waals surface area contributed by atoms with Crippen LogP contribution in [0.25, 0.3) is 0 Å². The summed E-state index contributed by atoms with van der Waals surface area (Å²) in [6.07, 6.45) is 1.66. The number of aryl methyl sites for hydroxylation is 1. The minimum absolute atomic E-state index is 0.0555. The minimum atomic E-state index is -0.440. The summed E-state index contributed by atoms with van der Waals surface area (Å²) >= 11 is 1.34. The number of esters is 1. The third-order valence-electron chi connectivity index (χ3n) is 3.62. The summed E-state index contributed by atoms with van der Waals surface area (Å²) in [6.45, 7) is 9.63. The SMILES string of the molecule is CCOC(=O)c1[nH]c(C)c(C(=O)CSc2nncn2C(C)C)c1C. The molecule has 1 N–H and O–H groups in total. The Balaban J connectivity index is 2.15. The van der Waals surface area contributed by atoms with E-state index in [4.69, 9.17) is 4.74 Å². The average Bonchev–Trinajstić information content (AvgIpc) is 3.10. The molecule has 130 valence electrons. The largest absolute Gasteiger partial charge is 0.461 e. The van der Waals surface area contributed by atoms with Crippen LogP contribution in [-0.2, 0) is 4.74 Å². The Bertz CT molecular complexity index is 749. The van der Waals surface area contributed by atoms with Gasteiger partial charge in [-0.3, -0.25) is 4.79 Å². The number of carbonyl (C=O) groups excluding carboxylic acids is 2. The summed E-state index contributed by atoms with van der Waals surface area (Å²) in [7, 11) is 0. The van der Waals surface area contributed by atoms with Crippen molar-refractivity contribution in [2.45, 2.75) is 45.8 Å². The van der Waals surface area contributed by atoms with Crippen LogP contribution in [0.3, 0.4) is 0 Å². The van der Waals surface area contributed by atoms with Gasteiger partial charge in [-0.15, -0.1) is 10.2 Å². The number of ketones is 1. The van der Waals surface area contributed by atoms with Crippen molar-refractivity contribution in [3.05, 3.63) is 28.8 Å². The third kappa shape index (κ3) is 3.69. The Morgan fingerprint density at radius 2 is 2.08 bits per heavy atom. The highest BCUT2D eigenvalue weighted by atomic mass is 32.2. The van der Waals surface area contributed by atoms with Crippen molar-refractivity contribution >= 4 is 23.5 Å². The topological polar surface area (TPSA) is 89.9 Å². The maximum absolute atomic E-state index is 12.6. The van der Waals surface area contributed by atoms with E-state index >= 15 is 0 Å². The van der Waals surface area contributed by atoms with E-state index in [0.717, 1.165) is 0 Å².